The predicted octanol–water partition coefficient (Wildman–Crippen LogP) is 15.3. The monoisotopic (exact) mass is 846 g/mol. The highest BCUT2D eigenvalue weighted by Gasteiger charge is 2.58. The lowest BCUT2D eigenvalue weighted by molar-refractivity contribution is -0.0281. The molecule has 4 heteroatoms. The Kier molecular flexibility index (Phi) is 8.90. The van der Waals surface area contributed by atoms with Crippen molar-refractivity contribution < 1.29 is 0 Å². The Hall–Kier alpha value is -7.74. The molecule has 4 aliphatic rings. The van der Waals surface area contributed by atoms with Crippen LogP contribution < -0.4 is 0 Å². The smallest absolute Gasteiger partial charge is 0.164 e. The standard InChI is InChI=1S/C62H46N4/c63-38-50-15-8-20-56-53(18-9-19-55(50)56)43-26-28-51(29-27-43)61-34-40-30-41(35-61)37-62(36-40,39-61)52-16-6-14-45(33-52)46-22-23-48-32-49(25-24-47(48)31-46)59-64-58(44-11-2-1-3-12-44)65-60(66-59)57-21-7-13-42-10-4-5-17-54(42)57/h1-29,31-33,40-41H,30,34-37,39H2. The summed E-state index contributed by atoms with van der Waals surface area (Å²) in [6.45, 7) is 0. The number of hydrogen-bond donors (Lipinski definition) is 0. The molecule has 0 radical (unpaired) electrons. The van der Waals surface area contributed by atoms with Crippen LogP contribution >= 0.6 is 0 Å². The van der Waals surface area contributed by atoms with Gasteiger partial charge >= 0.3 is 0 Å². The van der Waals surface area contributed by atoms with E-state index in [-0.39, 0.29) is 10.8 Å². The van der Waals surface area contributed by atoms with E-state index in [2.05, 4.69) is 170 Å². The van der Waals surface area contributed by atoms with Crippen LogP contribution in [-0.4, -0.2) is 15.0 Å². The average molecular weight is 847 g/mol. The van der Waals surface area contributed by atoms with Crippen LogP contribution in [0.5, 0.6) is 0 Å². The average Bonchev–Trinajstić information content (AvgIpc) is 3.37. The van der Waals surface area contributed by atoms with Crippen LogP contribution in [0, 0.1) is 23.2 Å². The first-order valence-electron chi connectivity index (χ1n) is 23.5. The third-order valence-electron chi connectivity index (χ3n) is 15.5. The fraction of sp³-hybridized carbons (Fsp3) is 0.161. The third-order valence-corrected chi connectivity index (χ3v) is 15.5. The van der Waals surface area contributed by atoms with E-state index in [1.54, 1.807) is 0 Å². The van der Waals surface area contributed by atoms with E-state index in [4.69, 9.17) is 15.0 Å². The van der Waals surface area contributed by atoms with Gasteiger partial charge in [-0.2, -0.15) is 5.26 Å². The Morgan fingerprint density at radius 2 is 0.955 bits per heavy atom. The molecule has 0 saturated heterocycles. The fourth-order valence-corrected chi connectivity index (χ4v) is 13.0. The van der Waals surface area contributed by atoms with Gasteiger partial charge in [0.05, 0.1) is 11.6 Å². The molecule has 0 spiro atoms. The van der Waals surface area contributed by atoms with Crippen molar-refractivity contribution in [3.8, 4) is 62.5 Å². The van der Waals surface area contributed by atoms with Crippen LogP contribution in [0.25, 0.3) is 88.7 Å². The Morgan fingerprint density at radius 3 is 1.76 bits per heavy atom. The summed E-state index contributed by atoms with van der Waals surface area (Å²) in [5, 5.41) is 16.6. The molecule has 0 aliphatic heterocycles. The molecule has 314 valence electrons. The van der Waals surface area contributed by atoms with Crippen LogP contribution in [0.1, 0.15) is 55.2 Å². The number of rotatable bonds is 7. The molecule has 4 aliphatic carbocycles. The lowest BCUT2D eigenvalue weighted by Crippen LogP contribution is -2.55. The molecule has 4 saturated carbocycles. The first-order chi connectivity index (χ1) is 32.5. The van der Waals surface area contributed by atoms with Crippen LogP contribution in [0.2, 0.25) is 0 Å². The topological polar surface area (TPSA) is 62.5 Å². The van der Waals surface area contributed by atoms with Crippen LogP contribution in [-0.2, 0) is 10.8 Å². The van der Waals surface area contributed by atoms with Crippen molar-refractivity contribution in [3.63, 3.8) is 0 Å². The van der Waals surface area contributed by atoms with Crippen molar-refractivity contribution in [2.45, 2.75) is 49.4 Å². The number of hydrogen-bond acceptors (Lipinski definition) is 4. The molecule has 0 amide bonds. The van der Waals surface area contributed by atoms with Crippen molar-refractivity contribution in [1.29, 1.82) is 5.26 Å². The highest BCUT2D eigenvalue weighted by molar-refractivity contribution is 6.00. The van der Waals surface area contributed by atoms with E-state index in [1.165, 1.54) is 77.3 Å². The maximum absolute atomic E-state index is 9.77. The minimum absolute atomic E-state index is 0.182. The lowest BCUT2D eigenvalue weighted by atomic mass is 9.41. The van der Waals surface area contributed by atoms with E-state index < -0.39 is 0 Å². The number of nitriles is 1. The Balaban J connectivity index is 0.815. The van der Waals surface area contributed by atoms with Crippen molar-refractivity contribution in [2.24, 2.45) is 11.8 Å². The molecule has 1 heterocycles. The van der Waals surface area contributed by atoms with Crippen LogP contribution in [0.3, 0.4) is 0 Å². The zero-order chi connectivity index (χ0) is 43.8. The minimum atomic E-state index is 0.182. The summed E-state index contributed by atoms with van der Waals surface area (Å²) in [4.78, 5) is 15.2. The summed E-state index contributed by atoms with van der Waals surface area (Å²) in [5.41, 5.74) is 12.0. The third kappa shape index (κ3) is 6.45. The largest absolute Gasteiger partial charge is 0.208 e. The summed E-state index contributed by atoms with van der Waals surface area (Å²) in [5.74, 6) is 3.50. The molecule has 2 unspecified atom stereocenters. The summed E-state index contributed by atoms with van der Waals surface area (Å²) < 4.78 is 0. The molecule has 4 bridgehead atoms. The van der Waals surface area contributed by atoms with E-state index in [0.29, 0.717) is 17.5 Å². The van der Waals surface area contributed by atoms with E-state index >= 15 is 0 Å². The van der Waals surface area contributed by atoms with E-state index in [9.17, 15) is 5.26 Å². The molecule has 2 atom stereocenters. The van der Waals surface area contributed by atoms with Gasteiger partial charge in [-0.1, -0.05) is 176 Å². The first kappa shape index (κ1) is 38.7. The molecule has 66 heavy (non-hydrogen) atoms. The number of benzene rings is 9. The second kappa shape index (κ2) is 15.2. The van der Waals surface area contributed by atoms with Crippen molar-refractivity contribution >= 4 is 32.3 Å². The molecule has 4 fully saturated rings. The molecular weight excluding hydrogens is 801 g/mol. The molecule has 10 aromatic rings. The fourth-order valence-electron chi connectivity index (χ4n) is 13.0. The second-order valence-corrected chi connectivity index (χ2v) is 19.5. The molecular formula is C62H46N4. The molecule has 1 aromatic heterocycles. The summed E-state index contributed by atoms with van der Waals surface area (Å²) in [6.07, 6.45) is 7.74. The Labute approximate surface area is 385 Å². The quantitative estimate of drug-likeness (QED) is 0.160. The van der Waals surface area contributed by atoms with Gasteiger partial charge in [-0.25, -0.2) is 15.0 Å². The van der Waals surface area contributed by atoms with Gasteiger partial charge in [0.1, 0.15) is 0 Å². The zero-order valence-corrected chi connectivity index (χ0v) is 36.7. The van der Waals surface area contributed by atoms with E-state index in [0.717, 1.165) is 61.0 Å². The normalized spacial score (nSPS) is 20.8. The Morgan fingerprint density at radius 1 is 0.394 bits per heavy atom. The molecule has 9 aromatic carbocycles. The molecule has 4 nitrogen and oxygen atoms in total. The highest BCUT2D eigenvalue weighted by atomic mass is 15.0. The second-order valence-electron chi connectivity index (χ2n) is 19.5. The maximum Gasteiger partial charge on any atom is 0.164 e. The van der Waals surface area contributed by atoms with Gasteiger partial charge in [0.15, 0.2) is 17.5 Å². The summed E-state index contributed by atoms with van der Waals surface area (Å²) in [7, 11) is 0. The summed E-state index contributed by atoms with van der Waals surface area (Å²) in [6, 6.07) is 72.3. The van der Waals surface area contributed by atoms with Crippen LogP contribution in [0.4, 0.5) is 0 Å². The van der Waals surface area contributed by atoms with Gasteiger partial charge in [-0.15, -0.1) is 0 Å². The number of aromatic nitrogens is 3. The number of fused-ring (bicyclic) bond motifs is 3. The van der Waals surface area contributed by atoms with Gasteiger partial charge in [-0.3, -0.25) is 0 Å². The maximum atomic E-state index is 9.77. The molecule has 0 N–H and O–H groups in total. The van der Waals surface area contributed by atoms with Gasteiger partial charge in [0.25, 0.3) is 0 Å². The first-order valence-corrected chi connectivity index (χ1v) is 23.5. The Bertz CT molecular complexity index is 3570. The van der Waals surface area contributed by atoms with Gasteiger partial charge < -0.3 is 0 Å². The van der Waals surface area contributed by atoms with Gasteiger partial charge in [0, 0.05) is 22.1 Å². The predicted molar refractivity (Wildman–Crippen MR) is 269 cm³/mol. The SMILES string of the molecule is N#Cc1cccc2c(-c3ccc(C45CC6CC(C4)CC(c4cccc(-c7ccc8cc(-c9nc(-c%10ccccc%10)nc(-c%10cccc%11ccccc%10%11)n9)ccc8c7)c4)(C6)C5)cc3)cccc12. The van der Waals surface area contributed by atoms with Gasteiger partial charge in [-0.05, 0) is 140 Å². The van der Waals surface area contributed by atoms with Crippen LogP contribution in [0.15, 0.2) is 194 Å². The highest BCUT2D eigenvalue weighted by Crippen LogP contribution is 2.66. The number of nitrogens with zero attached hydrogens (tertiary/aromatic N) is 4. The summed E-state index contributed by atoms with van der Waals surface area (Å²) >= 11 is 0. The van der Waals surface area contributed by atoms with Crippen molar-refractivity contribution in [1.82, 2.24) is 15.0 Å². The van der Waals surface area contributed by atoms with Gasteiger partial charge in [0.2, 0.25) is 0 Å². The van der Waals surface area contributed by atoms with Crippen molar-refractivity contribution in [2.75, 3.05) is 0 Å². The van der Waals surface area contributed by atoms with Crippen molar-refractivity contribution in [3.05, 3.63) is 211 Å². The van der Waals surface area contributed by atoms with E-state index in [1.807, 2.05) is 30.3 Å². The molecule has 14 rings (SSSR count). The lowest BCUT2D eigenvalue weighted by Gasteiger charge is -2.63. The zero-order valence-electron chi connectivity index (χ0n) is 36.7. The minimum Gasteiger partial charge on any atom is -0.208 e.